The molecule has 7 heteroatoms. The Bertz CT molecular complexity index is 680. The van der Waals surface area contributed by atoms with Crippen molar-refractivity contribution in [2.45, 2.75) is 13.5 Å². The van der Waals surface area contributed by atoms with Crippen LogP contribution in [-0.2, 0) is 16.1 Å². The van der Waals surface area contributed by atoms with Crippen LogP contribution in [0.4, 0.5) is 0 Å². The number of methoxy groups -OCH3 is 1. The lowest BCUT2D eigenvalue weighted by Gasteiger charge is -2.03. The van der Waals surface area contributed by atoms with Gasteiger partial charge in [0.15, 0.2) is 0 Å². The molecule has 0 aliphatic carbocycles. The molecule has 0 aliphatic heterocycles. The number of hydrogen-bond donors (Lipinski definition) is 0. The monoisotopic (exact) mass is 309 g/mol. The summed E-state index contributed by atoms with van der Waals surface area (Å²) in [7, 11) is 1.26. The SMILES string of the molecule is COC(=O)c1oc(COC(=O)c2cccnc2Cl)cc1C. The average Bonchev–Trinajstić information content (AvgIpc) is 2.85. The second kappa shape index (κ2) is 6.41. The number of ether oxygens (including phenoxy) is 2. The van der Waals surface area contributed by atoms with Gasteiger partial charge in [0.25, 0.3) is 0 Å². The summed E-state index contributed by atoms with van der Waals surface area (Å²) in [6.07, 6.45) is 1.47. The molecule has 0 aliphatic rings. The van der Waals surface area contributed by atoms with Gasteiger partial charge >= 0.3 is 11.9 Å². The van der Waals surface area contributed by atoms with Crippen LogP contribution in [0.1, 0.15) is 32.2 Å². The molecule has 6 nitrogen and oxygen atoms in total. The van der Waals surface area contributed by atoms with Crippen LogP contribution >= 0.6 is 11.6 Å². The van der Waals surface area contributed by atoms with Crippen LogP contribution < -0.4 is 0 Å². The van der Waals surface area contributed by atoms with Crippen molar-refractivity contribution in [1.82, 2.24) is 4.98 Å². The zero-order chi connectivity index (χ0) is 15.4. The number of aryl methyl sites for hydroxylation is 1. The second-order valence-electron chi connectivity index (χ2n) is 4.13. The van der Waals surface area contributed by atoms with Crippen molar-refractivity contribution >= 4 is 23.5 Å². The molecule has 0 atom stereocenters. The highest BCUT2D eigenvalue weighted by Crippen LogP contribution is 2.18. The highest BCUT2D eigenvalue weighted by molar-refractivity contribution is 6.32. The lowest BCUT2D eigenvalue weighted by Crippen LogP contribution is -2.06. The number of esters is 2. The van der Waals surface area contributed by atoms with E-state index in [1.165, 1.54) is 19.4 Å². The number of halogens is 1. The quantitative estimate of drug-likeness (QED) is 0.638. The molecule has 2 aromatic rings. The third kappa shape index (κ3) is 3.41. The maximum Gasteiger partial charge on any atom is 0.374 e. The molecule has 2 aromatic heterocycles. The van der Waals surface area contributed by atoms with Crippen molar-refractivity contribution in [3.8, 4) is 0 Å². The number of rotatable bonds is 4. The number of nitrogens with zero attached hydrogens (tertiary/aromatic N) is 1. The van der Waals surface area contributed by atoms with E-state index in [1.807, 2.05) is 0 Å². The topological polar surface area (TPSA) is 78.6 Å². The summed E-state index contributed by atoms with van der Waals surface area (Å²) in [6, 6.07) is 4.68. The summed E-state index contributed by atoms with van der Waals surface area (Å²) in [6.45, 7) is 1.57. The summed E-state index contributed by atoms with van der Waals surface area (Å²) in [4.78, 5) is 27.0. The molecule has 0 N–H and O–H groups in total. The highest BCUT2D eigenvalue weighted by atomic mass is 35.5. The first kappa shape index (κ1) is 15.1. The minimum Gasteiger partial charge on any atom is -0.463 e. The molecule has 0 saturated heterocycles. The number of furan rings is 1. The van der Waals surface area contributed by atoms with Crippen molar-refractivity contribution in [2.24, 2.45) is 0 Å². The highest BCUT2D eigenvalue weighted by Gasteiger charge is 2.18. The smallest absolute Gasteiger partial charge is 0.374 e. The van der Waals surface area contributed by atoms with Crippen LogP contribution in [0.3, 0.4) is 0 Å². The summed E-state index contributed by atoms with van der Waals surface area (Å²) in [5.41, 5.74) is 0.767. The zero-order valence-corrected chi connectivity index (χ0v) is 12.1. The van der Waals surface area contributed by atoms with Crippen molar-refractivity contribution in [3.63, 3.8) is 0 Å². The Balaban J connectivity index is 2.05. The van der Waals surface area contributed by atoms with Gasteiger partial charge in [0.05, 0.1) is 12.7 Å². The van der Waals surface area contributed by atoms with E-state index in [9.17, 15) is 9.59 Å². The third-order valence-electron chi connectivity index (χ3n) is 2.66. The average molecular weight is 310 g/mol. The predicted molar refractivity (Wildman–Crippen MR) is 73.2 cm³/mol. The van der Waals surface area contributed by atoms with Gasteiger partial charge in [-0.2, -0.15) is 0 Å². The molecule has 0 unspecified atom stereocenters. The number of aromatic nitrogens is 1. The van der Waals surface area contributed by atoms with E-state index in [-0.39, 0.29) is 23.1 Å². The summed E-state index contributed by atoms with van der Waals surface area (Å²) in [5, 5.41) is 0.0633. The van der Waals surface area contributed by atoms with Crippen molar-refractivity contribution in [2.75, 3.05) is 7.11 Å². The molecule has 21 heavy (non-hydrogen) atoms. The number of pyridine rings is 1. The summed E-state index contributed by atoms with van der Waals surface area (Å²) >= 11 is 5.79. The van der Waals surface area contributed by atoms with E-state index in [0.29, 0.717) is 11.3 Å². The number of carbonyl (C=O) groups excluding carboxylic acids is 2. The zero-order valence-electron chi connectivity index (χ0n) is 11.4. The van der Waals surface area contributed by atoms with Crippen molar-refractivity contribution < 1.29 is 23.5 Å². The van der Waals surface area contributed by atoms with Gasteiger partial charge in [-0.1, -0.05) is 11.6 Å². The lowest BCUT2D eigenvalue weighted by atomic mass is 10.2. The minimum atomic E-state index is -0.623. The molecule has 0 fully saturated rings. The first-order valence-electron chi connectivity index (χ1n) is 5.98. The van der Waals surface area contributed by atoms with Crippen molar-refractivity contribution in [1.29, 1.82) is 0 Å². The Morgan fingerprint density at radius 3 is 2.81 bits per heavy atom. The fourth-order valence-electron chi connectivity index (χ4n) is 1.67. The molecular formula is C14H12ClNO5. The van der Waals surface area contributed by atoms with Gasteiger partial charge in [-0.25, -0.2) is 14.6 Å². The predicted octanol–water partition coefficient (Wildman–Crippen LogP) is 2.78. The van der Waals surface area contributed by atoms with Crippen LogP contribution in [0.5, 0.6) is 0 Å². The van der Waals surface area contributed by atoms with E-state index < -0.39 is 11.9 Å². The van der Waals surface area contributed by atoms with E-state index in [1.54, 1.807) is 19.1 Å². The molecule has 0 saturated carbocycles. The fourth-order valence-corrected chi connectivity index (χ4v) is 1.86. The maximum absolute atomic E-state index is 11.8. The molecule has 0 bridgehead atoms. The van der Waals surface area contributed by atoms with Crippen LogP contribution in [0.2, 0.25) is 5.15 Å². The Kier molecular flexibility index (Phi) is 4.59. The summed E-state index contributed by atoms with van der Waals surface area (Å²) in [5.74, 6) is -0.786. The lowest BCUT2D eigenvalue weighted by molar-refractivity contribution is 0.0438. The van der Waals surface area contributed by atoms with E-state index in [0.717, 1.165) is 0 Å². The number of carbonyl (C=O) groups is 2. The first-order chi connectivity index (χ1) is 10.0. The molecule has 110 valence electrons. The molecule has 2 heterocycles. The summed E-state index contributed by atoms with van der Waals surface area (Å²) < 4.78 is 14.9. The normalized spacial score (nSPS) is 10.2. The standard InChI is InChI=1S/C14H12ClNO5/c1-8-6-9(21-11(8)14(18)19-2)7-20-13(17)10-4-3-5-16-12(10)15/h3-6H,7H2,1-2H3. The van der Waals surface area contributed by atoms with Gasteiger partial charge in [0.2, 0.25) is 5.76 Å². The van der Waals surface area contributed by atoms with Gasteiger partial charge in [0, 0.05) is 11.8 Å². The van der Waals surface area contributed by atoms with Crippen LogP contribution in [-0.4, -0.2) is 24.0 Å². The molecule has 0 amide bonds. The fraction of sp³-hybridized carbons (Fsp3) is 0.214. The van der Waals surface area contributed by atoms with Crippen LogP contribution in [0.25, 0.3) is 0 Å². The molecule has 0 radical (unpaired) electrons. The molecule has 0 spiro atoms. The largest absolute Gasteiger partial charge is 0.463 e. The van der Waals surface area contributed by atoms with E-state index >= 15 is 0 Å². The van der Waals surface area contributed by atoms with Gasteiger partial charge in [-0.05, 0) is 25.1 Å². The van der Waals surface area contributed by atoms with Gasteiger partial charge < -0.3 is 13.9 Å². The van der Waals surface area contributed by atoms with Gasteiger partial charge in [0.1, 0.15) is 17.5 Å². The Labute approximate surface area is 125 Å². The van der Waals surface area contributed by atoms with Gasteiger partial charge in [-0.15, -0.1) is 0 Å². The van der Waals surface area contributed by atoms with Crippen LogP contribution in [0.15, 0.2) is 28.8 Å². The molecule has 0 aromatic carbocycles. The van der Waals surface area contributed by atoms with Crippen molar-refractivity contribution in [3.05, 3.63) is 52.2 Å². The number of hydrogen-bond acceptors (Lipinski definition) is 6. The van der Waals surface area contributed by atoms with Crippen LogP contribution in [0, 0.1) is 6.92 Å². The first-order valence-corrected chi connectivity index (χ1v) is 6.36. The Hall–Kier alpha value is -2.34. The Morgan fingerprint density at radius 2 is 2.14 bits per heavy atom. The minimum absolute atomic E-state index is 0.0633. The Morgan fingerprint density at radius 1 is 1.38 bits per heavy atom. The molecular weight excluding hydrogens is 298 g/mol. The maximum atomic E-state index is 11.8. The van der Waals surface area contributed by atoms with Gasteiger partial charge in [-0.3, -0.25) is 0 Å². The van der Waals surface area contributed by atoms with E-state index in [2.05, 4.69) is 9.72 Å². The van der Waals surface area contributed by atoms with E-state index in [4.69, 9.17) is 20.8 Å². The molecule has 2 rings (SSSR count). The second-order valence-corrected chi connectivity index (χ2v) is 4.49. The third-order valence-corrected chi connectivity index (χ3v) is 2.97.